The third-order valence-electron chi connectivity index (χ3n) is 5.05. The lowest BCUT2D eigenvalue weighted by Gasteiger charge is -2.36. The Bertz CT molecular complexity index is 612. The molecule has 2 amide bonds. The number of hydrogen-bond acceptors (Lipinski definition) is 3. The lowest BCUT2D eigenvalue weighted by molar-refractivity contribution is -0.136. The largest absolute Gasteiger partial charge is 0.490 e. The second kappa shape index (κ2) is 8.19. The quantitative estimate of drug-likeness (QED) is 0.773. The second-order valence-corrected chi connectivity index (χ2v) is 6.72. The lowest BCUT2D eigenvalue weighted by atomic mass is 10.1. The molecule has 2 fully saturated rings. The summed E-state index contributed by atoms with van der Waals surface area (Å²) in [7, 11) is 0. The van der Waals surface area contributed by atoms with Crippen molar-refractivity contribution in [1.29, 1.82) is 0 Å². The number of benzene rings is 1. The molecule has 1 saturated heterocycles. The number of hydrogen-bond donors (Lipinski definition) is 0. The van der Waals surface area contributed by atoms with Crippen LogP contribution in [0, 0.1) is 5.92 Å². The Balaban J connectivity index is 1.52. The number of ether oxygens (including phenoxy) is 1. The first-order chi connectivity index (χ1) is 12.2. The SMILES string of the molecule is C=CCOc1ccc(C(=O)N2CCN(C(=O)C3CCCC3)CC2)cc1. The first-order valence-electron chi connectivity index (χ1n) is 9.11. The fourth-order valence-electron chi connectivity index (χ4n) is 3.59. The van der Waals surface area contributed by atoms with E-state index in [1.54, 1.807) is 30.3 Å². The van der Waals surface area contributed by atoms with E-state index in [0.717, 1.165) is 18.6 Å². The van der Waals surface area contributed by atoms with Crippen LogP contribution in [0.15, 0.2) is 36.9 Å². The molecule has 0 unspecified atom stereocenters. The number of nitrogens with zero attached hydrogens (tertiary/aromatic N) is 2. The van der Waals surface area contributed by atoms with E-state index < -0.39 is 0 Å². The number of rotatable bonds is 5. The van der Waals surface area contributed by atoms with Gasteiger partial charge in [0, 0.05) is 37.7 Å². The minimum absolute atomic E-state index is 0.0169. The molecule has 25 heavy (non-hydrogen) atoms. The van der Waals surface area contributed by atoms with Crippen LogP contribution in [0.25, 0.3) is 0 Å². The van der Waals surface area contributed by atoms with Crippen molar-refractivity contribution in [2.75, 3.05) is 32.8 Å². The maximum Gasteiger partial charge on any atom is 0.253 e. The monoisotopic (exact) mass is 342 g/mol. The molecule has 134 valence electrons. The third-order valence-corrected chi connectivity index (χ3v) is 5.05. The molecule has 0 spiro atoms. The molecule has 0 radical (unpaired) electrons. The van der Waals surface area contributed by atoms with E-state index in [1.807, 2.05) is 9.80 Å². The minimum Gasteiger partial charge on any atom is -0.490 e. The number of carbonyl (C=O) groups excluding carboxylic acids is 2. The second-order valence-electron chi connectivity index (χ2n) is 6.72. The molecule has 5 heteroatoms. The van der Waals surface area contributed by atoms with Crippen LogP contribution in [-0.4, -0.2) is 54.4 Å². The van der Waals surface area contributed by atoms with Crippen LogP contribution in [0.5, 0.6) is 5.75 Å². The van der Waals surface area contributed by atoms with Gasteiger partial charge in [-0.05, 0) is 37.1 Å². The van der Waals surface area contributed by atoms with Crippen molar-refractivity contribution in [2.45, 2.75) is 25.7 Å². The van der Waals surface area contributed by atoms with Crippen LogP contribution >= 0.6 is 0 Å². The van der Waals surface area contributed by atoms with Gasteiger partial charge in [0.05, 0.1) is 0 Å². The van der Waals surface area contributed by atoms with Crippen LogP contribution in [0.4, 0.5) is 0 Å². The highest BCUT2D eigenvalue weighted by atomic mass is 16.5. The minimum atomic E-state index is 0.0169. The summed E-state index contributed by atoms with van der Waals surface area (Å²) in [6.07, 6.45) is 6.07. The zero-order chi connectivity index (χ0) is 17.6. The smallest absolute Gasteiger partial charge is 0.253 e. The van der Waals surface area contributed by atoms with Gasteiger partial charge in [-0.3, -0.25) is 9.59 Å². The molecular weight excluding hydrogens is 316 g/mol. The van der Waals surface area contributed by atoms with E-state index in [-0.39, 0.29) is 17.7 Å². The van der Waals surface area contributed by atoms with Crippen molar-refractivity contribution in [3.05, 3.63) is 42.5 Å². The van der Waals surface area contributed by atoms with E-state index in [4.69, 9.17) is 4.74 Å². The van der Waals surface area contributed by atoms with Crippen molar-refractivity contribution in [3.8, 4) is 5.75 Å². The summed E-state index contributed by atoms with van der Waals surface area (Å²) in [5.74, 6) is 1.24. The van der Waals surface area contributed by atoms with E-state index in [0.29, 0.717) is 38.3 Å². The van der Waals surface area contributed by atoms with Gasteiger partial charge in [0.15, 0.2) is 0 Å². The predicted molar refractivity (Wildman–Crippen MR) is 96.6 cm³/mol. The van der Waals surface area contributed by atoms with Crippen molar-refractivity contribution in [1.82, 2.24) is 9.80 Å². The molecule has 5 nitrogen and oxygen atoms in total. The Morgan fingerprint density at radius 1 is 1.04 bits per heavy atom. The van der Waals surface area contributed by atoms with Crippen molar-refractivity contribution in [3.63, 3.8) is 0 Å². The normalized spacial score (nSPS) is 18.2. The summed E-state index contributed by atoms with van der Waals surface area (Å²) in [5.41, 5.74) is 0.654. The Labute approximate surface area is 149 Å². The first kappa shape index (κ1) is 17.5. The van der Waals surface area contributed by atoms with Gasteiger partial charge >= 0.3 is 0 Å². The van der Waals surface area contributed by atoms with Gasteiger partial charge in [-0.2, -0.15) is 0 Å². The van der Waals surface area contributed by atoms with Crippen molar-refractivity contribution >= 4 is 11.8 Å². The number of amides is 2. The van der Waals surface area contributed by atoms with Gasteiger partial charge < -0.3 is 14.5 Å². The zero-order valence-electron chi connectivity index (χ0n) is 14.7. The maximum absolute atomic E-state index is 12.6. The molecule has 1 aliphatic heterocycles. The van der Waals surface area contributed by atoms with Crippen LogP contribution in [0.1, 0.15) is 36.0 Å². The van der Waals surface area contributed by atoms with E-state index in [2.05, 4.69) is 6.58 Å². The molecule has 1 saturated carbocycles. The average Bonchev–Trinajstić information content (AvgIpc) is 3.20. The van der Waals surface area contributed by atoms with Gasteiger partial charge in [0.1, 0.15) is 12.4 Å². The average molecular weight is 342 g/mol. The fraction of sp³-hybridized carbons (Fsp3) is 0.500. The summed E-state index contributed by atoms with van der Waals surface area (Å²) in [5, 5.41) is 0. The Kier molecular flexibility index (Phi) is 5.74. The topological polar surface area (TPSA) is 49.9 Å². The summed E-state index contributed by atoms with van der Waals surface area (Å²) < 4.78 is 5.44. The fourth-order valence-corrected chi connectivity index (χ4v) is 3.59. The molecule has 1 aromatic rings. The van der Waals surface area contributed by atoms with Crippen LogP contribution in [0.3, 0.4) is 0 Å². The molecular formula is C20H26N2O3. The molecule has 0 N–H and O–H groups in total. The third kappa shape index (κ3) is 4.21. The zero-order valence-corrected chi connectivity index (χ0v) is 14.7. The van der Waals surface area contributed by atoms with Crippen molar-refractivity contribution < 1.29 is 14.3 Å². The molecule has 0 atom stereocenters. The highest BCUT2D eigenvalue weighted by Gasteiger charge is 2.30. The molecule has 1 aliphatic carbocycles. The molecule has 1 heterocycles. The van der Waals surface area contributed by atoms with Gasteiger partial charge in [-0.15, -0.1) is 0 Å². The molecule has 0 aromatic heterocycles. The highest BCUT2D eigenvalue weighted by molar-refractivity contribution is 5.94. The summed E-state index contributed by atoms with van der Waals surface area (Å²) in [4.78, 5) is 28.9. The maximum atomic E-state index is 12.6. The molecule has 0 bridgehead atoms. The lowest BCUT2D eigenvalue weighted by Crippen LogP contribution is -2.51. The Morgan fingerprint density at radius 3 is 2.24 bits per heavy atom. The van der Waals surface area contributed by atoms with E-state index in [1.165, 1.54) is 12.8 Å². The standard InChI is InChI=1S/C20H26N2O3/c1-2-15-25-18-9-7-17(8-10-18)20(24)22-13-11-21(12-14-22)19(23)16-5-3-4-6-16/h2,7-10,16H,1,3-6,11-15H2. The first-order valence-corrected chi connectivity index (χ1v) is 9.11. The summed E-state index contributed by atoms with van der Waals surface area (Å²) >= 11 is 0. The Morgan fingerprint density at radius 2 is 1.64 bits per heavy atom. The summed E-state index contributed by atoms with van der Waals surface area (Å²) in [6.45, 7) is 6.55. The van der Waals surface area contributed by atoms with Gasteiger partial charge in [-0.1, -0.05) is 25.5 Å². The highest BCUT2D eigenvalue weighted by Crippen LogP contribution is 2.27. The van der Waals surface area contributed by atoms with Gasteiger partial charge in [0.2, 0.25) is 5.91 Å². The molecule has 2 aliphatic rings. The van der Waals surface area contributed by atoms with Crippen LogP contribution < -0.4 is 4.74 Å². The summed E-state index contributed by atoms with van der Waals surface area (Å²) in [6, 6.07) is 7.18. The number of carbonyl (C=O) groups is 2. The predicted octanol–water partition coefficient (Wildman–Crippen LogP) is 2.73. The van der Waals surface area contributed by atoms with E-state index >= 15 is 0 Å². The van der Waals surface area contributed by atoms with Gasteiger partial charge in [-0.25, -0.2) is 0 Å². The van der Waals surface area contributed by atoms with E-state index in [9.17, 15) is 9.59 Å². The van der Waals surface area contributed by atoms with Crippen molar-refractivity contribution in [2.24, 2.45) is 5.92 Å². The van der Waals surface area contributed by atoms with Crippen LogP contribution in [-0.2, 0) is 4.79 Å². The molecule has 1 aromatic carbocycles. The van der Waals surface area contributed by atoms with Gasteiger partial charge in [0.25, 0.3) is 5.91 Å². The van der Waals surface area contributed by atoms with Crippen LogP contribution in [0.2, 0.25) is 0 Å². The number of piperazine rings is 1. The molecule has 3 rings (SSSR count). The Hall–Kier alpha value is -2.30.